The van der Waals surface area contributed by atoms with Gasteiger partial charge in [-0.15, -0.1) is 0 Å². The fourth-order valence-electron chi connectivity index (χ4n) is 1.01. The molecule has 1 fully saturated rings. The molecule has 1 saturated heterocycles. The van der Waals surface area contributed by atoms with Crippen LogP contribution in [0, 0.1) is 12.5 Å². The van der Waals surface area contributed by atoms with Gasteiger partial charge in [-0.3, -0.25) is 0 Å². The molecule has 0 aromatic rings. The predicted molar refractivity (Wildman–Crippen MR) is 36.1 cm³/mol. The summed E-state index contributed by atoms with van der Waals surface area (Å²) < 4.78 is 4.34. The minimum Gasteiger partial charge on any atom is -0.356 e. The summed E-state index contributed by atoms with van der Waals surface area (Å²) in [4.78, 5) is 12.4. The molecule has 54 valence electrons. The molecule has 10 heavy (non-hydrogen) atoms. The second-order valence-electron chi connectivity index (χ2n) is 2.18. The molecule has 1 aliphatic heterocycles. The van der Waals surface area contributed by atoms with E-state index in [4.69, 9.17) is 6.42 Å². The fraction of sp³-hybridized carbons (Fsp3) is 0.571. The fourth-order valence-corrected chi connectivity index (χ4v) is 1.01. The summed E-state index contributed by atoms with van der Waals surface area (Å²) in [5.41, 5.74) is 0. The summed E-state index contributed by atoms with van der Waals surface area (Å²) in [7, 11) is 0. The normalized spacial score (nSPS) is 16.5. The lowest BCUT2D eigenvalue weighted by Gasteiger charge is -2.10. The molecule has 0 aromatic carbocycles. The molecule has 0 aromatic heterocycles. The maximum Gasteiger partial charge on any atom is 0.423 e. The van der Waals surface area contributed by atoms with Gasteiger partial charge >= 0.3 is 6.09 Å². The van der Waals surface area contributed by atoms with Gasteiger partial charge in [0.1, 0.15) is 6.11 Å². The van der Waals surface area contributed by atoms with Crippen molar-refractivity contribution >= 4 is 6.09 Å². The molecule has 0 spiro atoms. The monoisotopic (exact) mass is 139 g/mol. The van der Waals surface area contributed by atoms with Gasteiger partial charge in [0.2, 0.25) is 0 Å². The summed E-state index contributed by atoms with van der Waals surface area (Å²) in [5.74, 6) is 0. The topological polar surface area (TPSA) is 29.5 Å². The minimum atomic E-state index is -0.389. The van der Waals surface area contributed by atoms with E-state index in [2.05, 4.69) is 4.74 Å². The van der Waals surface area contributed by atoms with Crippen LogP contribution in [-0.4, -0.2) is 24.1 Å². The molecule has 1 heterocycles. The molecule has 1 aliphatic rings. The van der Waals surface area contributed by atoms with Crippen molar-refractivity contribution < 1.29 is 9.53 Å². The third-order valence-electron chi connectivity index (χ3n) is 1.51. The number of rotatable bonds is 0. The average molecular weight is 139 g/mol. The van der Waals surface area contributed by atoms with Gasteiger partial charge in [0.25, 0.3) is 0 Å². The van der Waals surface area contributed by atoms with Gasteiger partial charge in [-0.05, 0) is 12.8 Å². The maximum absolute atomic E-state index is 10.8. The molecule has 0 aliphatic carbocycles. The first-order valence-corrected chi connectivity index (χ1v) is 3.26. The van der Waals surface area contributed by atoms with Crippen molar-refractivity contribution in [3.8, 4) is 12.5 Å². The number of likely N-dealkylation sites (tertiary alicyclic amines) is 1. The molecular formula is C7H9NO2. The van der Waals surface area contributed by atoms with Crippen molar-refractivity contribution in [2.24, 2.45) is 0 Å². The summed E-state index contributed by atoms with van der Waals surface area (Å²) in [5, 5.41) is 0. The first kappa shape index (κ1) is 6.94. The van der Waals surface area contributed by atoms with Crippen LogP contribution in [0.25, 0.3) is 0 Å². The Balaban J connectivity index is 2.34. The number of amides is 1. The number of hydrogen-bond donors (Lipinski definition) is 0. The van der Waals surface area contributed by atoms with Crippen molar-refractivity contribution in [2.45, 2.75) is 12.8 Å². The molecule has 0 N–H and O–H groups in total. The molecule has 0 atom stereocenters. The third-order valence-corrected chi connectivity index (χ3v) is 1.51. The third kappa shape index (κ3) is 1.41. The Kier molecular flexibility index (Phi) is 2.16. The molecule has 0 unspecified atom stereocenters. The van der Waals surface area contributed by atoms with Crippen molar-refractivity contribution in [1.82, 2.24) is 4.90 Å². The van der Waals surface area contributed by atoms with E-state index in [1.807, 2.05) is 6.11 Å². The molecule has 0 radical (unpaired) electrons. The highest BCUT2D eigenvalue weighted by molar-refractivity contribution is 5.68. The van der Waals surface area contributed by atoms with E-state index in [9.17, 15) is 4.79 Å². The second-order valence-corrected chi connectivity index (χ2v) is 2.18. The summed E-state index contributed by atoms with van der Waals surface area (Å²) >= 11 is 0. The van der Waals surface area contributed by atoms with E-state index in [-0.39, 0.29) is 6.09 Å². The molecule has 0 bridgehead atoms. The zero-order valence-corrected chi connectivity index (χ0v) is 5.67. The molecule has 1 rings (SSSR count). The van der Waals surface area contributed by atoms with E-state index in [0.29, 0.717) is 0 Å². The van der Waals surface area contributed by atoms with Crippen LogP contribution in [0.15, 0.2) is 0 Å². The lowest BCUT2D eigenvalue weighted by Crippen LogP contribution is -2.26. The quantitative estimate of drug-likeness (QED) is 0.465. The van der Waals surface area contributed by atoms with Crippen LogP contribution >= 0.6 is 0 Å². The lowest BCUT2D eigenvalue weighted by molar-refractivity contribution is 0.153. The summed E-state index contributed by atoms with van der Waals surface area (Å²) in [6.45, 7) is 1.56. The van der Waals surface area contributed by atoms with Crippen LogP contribution in [0.3, 0.4) is 0 Å². The van der Waals surface area contributed by atoms with Crippen molar-refractivity contribution in [3.05, 3.63) is 0 Å². The van der Waals surface area contributed by atoms with Gasteiger partial charge in [0.05, 0.1) is 0 Å². The van der Waals surface area contributed by atoms with Crippen molar-refractivity contribution in [1.29, 1.82) is 0 Å². The van der Waals surface area contributed by atoms with Crippen LogP contribution < -0.4 is 0 Å². The molecular weight excluding hydrogens is 130 g/mol. The summed E-state index contributed by atoms with van der Waals surface area (Å²) in [6.07, 6.45) is 8.35. The van der Waals surface area contributed by atoms with E-state index in [1.54, 1.807) is 4.90 Å². The predicted octanol–water partition coefficient (Wildman–Crippen LogP) is 0.809. The van der Waals surface area contributed by atoms with E-state index in [0.717, 1.165) is 25.9 Å². The Morgan fingerprint density at radius 2 is 2.10 bits per heavy atom. The number of carbonyl (C=O) groups is 1. The van der Waals surface area contributed by atoms with Gasteiger partial charge in [-0.25, -0.2) is 4.79 Å². The van der Waals surface area contributed by atoms with Gasteiger partial charge < -0.3 is 9.64 Å². The average Bonchev–Trinajstić information content (AvgIpc) is 2.38. The number of ether oxygens (including phenoxy) is 1. The maximum atomic E-state index is 10.8. The molecule has 1 amide bonds. The largest absolute Gasteiger partial charge is 0.423 e. The van der Waals surface area contributed by atoms with Crippen molar-refractivity contribution in [2.75, 3.05) is 13.1 Å². The van der Waals surface area contributed by atoms with Crippen LogP contribution in [0.1, 0.15) is 12.8 Å². The van der Waals surface area contributed by atoms with E-state index >= 15 is 0 Å². The zero-order valence-electron chi connectivity index (χ0n) is 5.67. The highest BCUT2D eigenvalue weighted by atomic mass is 16.5. The standard InChI is InChI=1S/C7H9NO2/c1-2-10-7(9)8-5-3-4-6-8/h1H,3-6H2. The van der Waals surface area contributed by atoms with Gasteiger partial charge in [0.15, 0.2) is 0 Å². The van der Waals surface area contributed by atoms with Gasteiger partial charge in [-0.2, -0.15) is 0 Å². The Morgan fingerprint density at radius 1 is 1.50 bits per heavy atom. The first-order valence-electron chi connectivity index (χ1n) is 3.26. The van der Waals surface area contributed by atoms with Crippen molar-refractivity contribution in [3.63, 3.8) is 0 Å². The Hall–Kier alpha value is -1.17. The second kappa shape index (κ2) is 3.11. The van der Waals surface area contributed by atoms with Gasteiger partial charge in [0, 0.05) is 13.1 Å². The lowest BCUT2D eigenvalue weighted by atomic mass is 10.4. The Bertz CT molecular complexity index is 165. The smallest absolute Gasteiger partial charge is 0.356 e. The Labute approximate surface area is 60.0 Å². The van der Waals surface area contributed by atoms with Crippen LogP contribution in [0.4, 0.5) is 4.79 Å². The van der Waals surface area contributed by atoms with E-state index < -0.39 is 0 Å². The van der Waals surface area contributed by atoms with Gasteiger partial charge in [-0.1, -0.05) is 6.42 Å². The minimum absolute atomic E-state index is 0.389. The first-order chi connectivity index (χ1) is 4.84. The number of carbonyl (C=O) groups excluding carboxylic acids is 1. The zero-order chi connectivity index (χ0) is 7.40. The molecule has 0 saturated carbocycles. The Morgan fingerprint density at radius 3 is 2.60 bits per heavy atom. The summed E-state index contributed by atoms with van der Waals surface area (Å²) in [6, 6.07) is 0. The van der Waals surface area contributed by atoms with Crippen LogP contribution in [0.5, 0.6) is 0 Å². The van der Waals surface area contributed by atoms with E-state index in [1.165, 1.54) is 0 Å². The molecule has 3 heteroatoms. The number of hydrogen-bond acceptors (Lipinski definition) is 2. The molecule has 3 nitrogen and oxygen atoms in total. The van der Waals surface area contributed by atoms with Crippen LogP contribution in [0.2, 0.25) is 0 Å². The highest BCUT2D eigenvalue weighted by Gasteiger charge is 2.18. The SMILES string of the molecule is C#COC(=O)N1CCCC1. The highest BCUT2D eigenvalue weighted by Crippen LogP contribution is 2.07. The van der Waals surface area contributed by atoms with Crippen LogP contribution in [-0.2, 0) is 4.74 Å². The number of nitrogens with zero attached hydrogens (tertiary/aromatic N) is 1. The number of terminal acetylenes is 1.